The van der Waals surface area contributed by atoms with Gasteiger partial charge in [-0.3, -0.25) is 9.36 Å². The number of carbonyl (C=O) groups excluding carboxylic acids is 1. The highest BCUT2D eigenvalue weighted by molar-refractivity contribution is 7.45. The molecule has 0 spiro atoms. The molecule has 2 N–H and O–H groups in total. The van der Waals surface area contributed by atoms with Crippen molar-refractivity contribution in [3.05, 3.63) is 60.8 Å². The fourth-order valence-electron chi connectivity index (χ4n) is 9.68. The number of quaternary nitrogens is 1. The van der Waals surface area contributed by atoms with E-state index >= 15 is 0 Å². The van der Waals surface area contributed by atoms with Crippen molar-refractivity contribution in [2.24, 2.45) is 0 Å². The normalized spacial score (nSPS) is 14.1. The highest BCUT2D eigenvalue weighted by Crippen LogP contribution is 2.38. The lowest BCUT2D eigenvalue weighted by Gasteiger charge is -2.29. The Labute approximate surface area is 472 Å². The molecule has 0 saturated heterocycles. The average Bonchev–Trinajstić information content (AvgIpc) is 3.38. The highest BCUT2D eigenvalue weighted by atomic mass is 31.2. The first kappa shape index (κ1) is 74.2. The number of carbonyl (C=O) groups is 1. The summed E-state index contributed by atoms with van der Waals surface area (Å²) in [4.78, 5) is 25.6. The predicted octanol–water partition coefficient (Wildman–Crippen LogP) is 19.8. The Hall–Kier alpha value is -1.80. The molecule has 0 aromatic carbocycles. The lowest BCUT2D eigenvalue weighted by Crippen LogP contribution is -2.45. The number of phosphoric acid groups is 1. The first-order valence-corrected chi connectivity index (χ1v) is 34.1. The van der Waals surface area contributed by atoms with Crippen LogP contribution in [0, 0.1) is 0 Å². The third kappa shape index (κ3) is 59.9. The minimum Gasteiger partial charge on any atom is -0.756 e. The number of allylic oxidation sites excluding steroid dienone is 9. The van der Waals surface area contributed by atoms with Crippen molar-refractivity contribution in [3.63, 3.8) is 0 Å². The standard InChI is InChI=1S/C67H127N2O6P/c1-6-8-10-12-14-16-18-20-22-24-26-28-29-30-31-32-33-34-35-36-37-38-39-41-43-45-47-49-51-53-55-57-59-61-67(71)68-65(64-75-76(72,73)74-63-62-69(3,4)5)66(70)60-58-56-54-52-50-48-46-44-42-40-27-25-23-21-19-17-15-13-11-9-7-2/h8,10,14,16,20,22,26,28,58,60,65-66,70H,6-7,9,11-13,15,17-19,21,23-25,27,29-57,59,61-64H2,1-5H3,(H-,68,71,72,73)/b10-8-,16-14-,22-20-,28-26-,60-58+. The number of aliphatic hydroxyl groups is 1. The maximum Gasteiger partial charge on any atom is 0.268 e. The molecule has 446 valence electrons. The molecule has 0 fully saturated rings. The van der Waals surface area contributed by atoms with Gasteiger partial charge in [0.05, 0.1) is 39.9 Å². The second-order valence-electron chi connectivity index (χ2n) is 23.4. The number of phosphoric ester groups is 1. The summed E-state index contributed by atoms with van der Waals surface area (Å²) in [5.74, 6) is -0.193. The zero-order chi connectivity index (χ0) is 55.6. The first-order chi connectivity index (χ1) is 37.0. The van der Waals surface area contributed by atoms with Gasteiger partial charge < -0.3 is 28.8 Å². The maximum absolute atomic E-state index is 13.0. The van der Waals surface area contributed by atoms with Crippen LogP contribution < -0.4 is 10.2 Å². The molecule has 0 saturated carbocycles. The van der Waals surface area contributed by atoms with Crippen LogP contribution in [0.15, 0.2) is 60.8 Å². The van der Waals surface area contributed by atoms with Crippen molar-refractivity contribution >= 4 is 13.7 Å². The molecule has 0 heterocycles. The van der Waals surface area contributed by atoms with Crippen LogP contribution in [0.25, 0.3) is 0 Å². The summed E-state index contributed by atoms with van der Waals surface area (Å²) in [7, 11) is 1.27. The Morgan fingerprint density at radius 1 is 0.474 bits per heavy atom. The first-order valence-electron chi connectivity index (χ1n) is 32.7. The Morgan fingerprint density at radius 3 is 1.17 bits per heavy atom. The van der Waals surface area contributed by atoms with Crippen LogP contribution in [0.3, 0.4) is 0 Å². The number of nitrogens with one attached hydrogen (secondary N) is 1. The second-order valence-corrected chi connectivity index (χ2v) is 24.9. The molecule has 0 aliphatic carbocycles. The number of hydrogen-bond acceptors (Lipinski definition) is 6. The van der Waals surface area contributed by atoms with Crippen LogP contribution in [-0.2, 0) is 18.4 Å². The summed E-state index contributed by atoms with van der Waals surface area (Å²) in [6.07, 6.45) is 78.9. The fraction of sp³-hybridized carbons (Fsp3) is 0.836. The molecule has 3 atom stereocenters. The predicted molar refractivity (Wildman–Crippen MR) is 330 cm³/mol. The summed E-state index contributed by atoms with van der Waals surface area (Å²) in [5.41, 5.74) is 0. The minimum absolute atomic E-state index is 0.000267. The molecule has 0 aromatic rings. The Kier molecular flexibility index (Phi) is 56.5. The zero-order valence-electron chi connectivity index (χ0n) is 51.0. The number of aliphatic hydroxyl groups excluding tert-OH is 1. The van der Waals surface area contributed by atoms with Gasteiger partial charge in [0.15, 0.2) is 0 Å². The van der Waals surface area contributed by atoms with Crippen LogP contribution >= 0.6 is 7.82 Å². The topological polar surface area (TPSA) is 108 Å². The van der Waals surface area contributed by atoms with Gasteiger partial charge in [0.25, 0.3) is 7.82 Å². The van der Waals surface area contributed by atoms with E-state index in [-0.39, 0.29) is 19.1 Å². The SMILES string of the molecule is CC/C=C\C/C=C\C/C=C\C/C=C\CCCCCCCCCCCCCCCCCCCCCCC(=O)NC(COP(=O)([O-])OCC[N+](C)(C)C)C(O)/C=C/CCCCCCCCCCCCCCCCCCCCC. The molecule has 0 aliphatic rings. The highest BCUT2D eigenvalue weighted by Gasteiger charge is 2.23. The van der Waals surface area contributed by atoms with Gasteiger partial charge in [0.1, 0.15) is 13.2 Å². The van der Waals surface area contributed by atoms with E-state index in [1.165, 1.54) is 225 Å². The van der Waals surface area contributed by atoms with E-state index in [0.29, 0.717) is 17.4 Å². The van der Waals surface area contributed by atoms with E-state index in [9.17, 15) is 19.4 Å². The quantitative estimate of drug-likeness (QED) is 0.0272. The Morgan fingerprint density at radius 2 is 0.803 bits per heavy atom. The van der Waals surface area contributed by atoms with Gasteiger partial charge in [-0.05, 0) is 57.8 Å². The molecule has 8 nitrogen and oxygen atoms in total. The monoisotopic (exact) mass is 1090 g/mol. The maximum atomic E-state index is 13.0. The summed E-state index contributed by atoms with van der Waals surface area (Å²) >= 11 is 0. The molecule has 0 aliphatic heterocycles. The molecule has 76 heavy (non-hydrogen) atoms. The van der Waals surface area contributed by atoms with Crippen LogP contribution in [0.5, 0.6) is 0 Å². The second kappa shape index (κ2) is 57.9. The van der Waals surface area contributed by atoms with E-state index < -0.39 is 20.0 Å². The van der Waals surface area contributed by atoms with E-state index in [1.807, 2.05) is 27.2 Å². The molecule has 3 unspecified atom stereocenters. The number of hydrogen-bond donors (Lipinski definition) is 2. The minimum atomic E-state index is -4.60. The molecular weight excluding hydrogens is 960 g/mol. The van der Waals surface area contributed by atoms with Crippen LogP contribution in [0.2, 0.25) is 0 Å². The summed E-state index contributed by atoms with van der Waals surface area (Å²) in [6.45, 7) is 4.58. The van der Waals surface area contributed by atoms with Crippen molar-refractivity contribution in [1.82, 2.24) is 5.32 Å². The average molecular weight is 1090 g/mol. The Bertz CT molecular complexity index is 1420. The molecular formula is C67H127N2O6P. The van der Waals surface area contributed by atoms with E-state index in [0.717, 1.165) is 64.2 Å². The fourth-order valence-corrected chi connectivity index (χ4v) is 10.4. The number of amides is 1. The zero-order valence-corrected chi connectivity index (χ0v) is 51.9. The van der Waals surface area contributed by atoms with Gasteiger partial charge in [-0.25, -0.2) is 0 Å². The molecule has 0 bridgehead atoms. The van der Waals surface area contributed by atoms with E-state index in [2.05, 4.69) is 67.8 Å². The van der Waals surface area contributed by atoms with Crippen LogP contribution in [-0.4, -0.2) is 68.5 Å². The summed E-state index contributed by atoms with van der Waals surface area (Å²) in [5, 5.41) is 13.9. The van der Waals surface area contributed by atoms with Gasteiger partial charge >= 0.3 is 0 Å². The van der Waals surface area contributed by atoms with Gasteiger partial charge in [-0.15, -0.1) is 0 Å². The lowest BCUT2D eigenvalue weighted by molar-refractivity contribution is -0.870. The van der Waals surface area contributed by atoms with Crippen LogP contribution in [0.1, 0.15) is 309 Å². The summed E-state index contributed by atoms with van der Waals surface area (Å²) in [6, 6.07) is -0.887. The van der Waals surface area contributed by atoms with Gasteiger partial charge in [0.2, 0.25) is 5.91 Å². The molecule has 0 rings (SSSR count). The number of rotatable bonds is 60. The van der Waals surface area contributed by atoms with Crippen molar-refractivity contribution in [2.75, 3.05) is 40.9 Å². The molecule has 1 amide bonds. The van der Waals surface area contributed by atoms with Gasteiger partial charge in [-0.2, -0.15) is 0 Å². The van der Waals surface area contributed by atoms with E-state index in [4.69, 9.17) is 9.05 Å². The van der Waals surface area contributed by atoms with Crippen molar-refractivity contribution in [2.45, 2.75) is 321 Å². The van der Waals surface area contributed by atoms with Crippen molar-refractivity contribution in [1.29, 1.82) is 0 Å². The van der Waals surface area contributed by atoms with Crippen molar-refractivity contribution in [3.8, 4) is 0 Å². The number of likely N-dealkylation sites (N-methyl/N-ethyl adjacent to an activating group) is 1. The van der Waals surface area contributed by atoms with Crippen LogP contribution in [0.4, 0.5) is 0 Å². The van der Waals surface area contributed by atoms with Crippen molar-refractivity contribution < 1.29 is 32.9 Å². The van der Waals surface area contributed by atoms with E-state index in [1.54, 1.807) is 6.08 Å². The third-order valence-corrected chi connectivity index (χ3v) is 15.7. The summed E-state index contributed by atoms with van der Waals surface area (Å²) < 4.78 is 23.4. The molecule has 9 heteroatoms. The Balaban J connectivity index is 4.05. The van der Waals surface area contributed by atoms with Gasteiger partial charge in [0, 0.05) is 6.42 Å². The third-order valence-electron chi connectivity index (χ3n) is 14.7. The molecule has 0 radical (unpaired) electrons. The largest absolute Gasteiger partial charge is 0.756 e. The lowest BCUT2D eigenvalue weighted by atomic mass is 10.0. The van der Waals surface area contributed by atoms with Gasteiger partial charge in [-0.1, -0.05) is 306 Å². The number of unbranched alkanes of at least 4 members (excludes halogenated alkanes) is 39. The smallest absolute Gasteiger partial charge is 0.268 e. The number of nitrogens with zero attached hydrogens (tertiary/aromatic N) is 1. The molecule has 0 aromatic heterocycles.